The Morgan fingerprint density at radius 3 is 2.58 bits per heavy atom. The maximum absolute atomic E-state index is 8.66. The number of rotatable bonds is 6. The number of aliphatic hydroxyl groups is 1. The molecular weight excluding hydrogens is 216 g/mol. The zero-order valence-corrected chi connectivity index (χ0v) is 9.23. The van der Waals surface area contributed by atoms with Crippen LogP contribution in [-0.2, 0) is 0 Å². The molecule has 0 aliphatic carbocycles. The van der Waals surface area contributed by atoms with Gasteiger partial charge in [0.25, 0.3) is 0 Å². The van der Waals surface area contributed by atoms with E-state index in [1.807, 2.05) is 13.0 Å². The maximum atomic E-state index is 8.66. The molecule has 0 aromatic carbocycles. The van der Waals surface area contributed by atoms with E-state index in [0.717, 1.165) is 24.6 Å². The fourth-order valence-electron chi connectivity index (χ4n) is 0.970. The second-order valence-electron chi connectivity index (χ2n) is 2.99. The van der Waals surface area contributed by atoms with Crippen LogP contribution in [0.1, 0.15) is 26.2 Å². The van der Waals surface area contributed by atoms with E-state index >= 15 is 0 Å². The normalized spacial score (nSPS) is 11.8. The lowest BCUT2D eigenvalue weighted by Gasteiger charge is -2.02. The van der Waals surface area contributed by atoms with E-state index in [9.17, 15) is 0 Å². The molecule has 1 N–H and O–H groups in total. The summed E-state index contributed by atoms with van der Waals surface area (Å²) in [6.45, 7) is 6.04. The van der Waals surface area contributed by atoms with Gasteiger partial charge in [-0.2, -0.15) is 0 Å². The summed E-state index contributed by atoms with van der Waals surface area (Å²) >= 11 is 3.38. The third-order valence-corrected chi connectivity index (χ3v) is 2.37. The lowest BCUT2D eigenvalue weighted by Crippen LogP contribution is -1.88. The van der Waals surface area contributed by atoms with E-state index in [1.165, 1.54) is 11.1 Å². The van der Waals surface area contributed by atoms with Gasteiger partial charge in [0.15, 0.2) is 0 Å². The molecule has 0 rings (SSSR count). The van der Waals surface area contributed by atoms with E-state index in [-0.39, 0.29) is 6.61 Å². The molecule has 0 spiro atoms. The first kappa shape index (κ1) is 11.9. The fourth-order valence-corrected chi connectivity index (χ4v) is 1.48. The van der Waals surface area contributed by atoms with Crippen LogP contribution in [0, 0.1) is 0 Å². The smallest absolute Gasteiger partial charge is 0.0615 e. The van der Waals surface area contributed by atoms with Crippen LogP contribution in [0.25, 0.3) is 0 Å². The second-order valence-corrected chi connectivity index (χ2v) is 3.55. The SMILES string of the molecule is C=C(C)CCC/C(=C\CO)CBr. The predicted molar refractivity (Wildman–Crippen MR) is 57.6 cm³/mol. The Bertz CT molecular complexity index is 161. The topological polar surface area (TPSA) is 20.2 Å². The van der Waals surface area contributed by atoms with Crippen molar-refractivity contribution in [1.82, 2.24) is 0 Å². The third-order valence-electron chi connectivity index (χ3n) is 1.65. The van der Waals surface area contributed by atoms with Gasteiger partial charge in [0.05, 0.1) is 6.61 Å². The summed E-state index contributed by atoms with van der Waals surface area (Å²) in [6, 6.07) is 0. The molecule has 0 aromatic rings. The van der Waals surface area contributed by atoms with E-state index in [2.05, 4.69) is 22.5 Å². The molecule has 2 heteroatoms. The average Bonchev–Trinajstić information content (AvgIpc) is 2.02. The molecule has 0 aromatic heterocycles. The first-order valence-electron chi connectivity index (χ1n) is 4.19. The molecule has 0 radical (unpaired) electrons. The first-order valence-corrected chi connectivity index (χ1v) is 5.32. The van der Waals surface area contributed by atoms with Gasteiger partial charge in [-0.3, -0.25) is 0 Å². The Morgan fingerprint density at radius 2 is 2.17 bits per heavy atom. The van der Waals surface area contributed by atoms with Gasteiger partial charge < -0.3 is 5.11 Å². The minimum Gasteiger partial charge on any atom is -0.392 e. The maximum Gasteiger partial charge on any atom is 0.0615 e. The number of alkyl halides is 1. The van der Waals surface area contributed by atoms with Crippen LogP contribution in [0.3, 0.4) is 0 Å². The molecule has 0 fully saturated rings. The largest absolute Gasteiger partial charge is 0.392 e. The van der Waals surface area contributed by atoms with E-state index in [0.29, 0.717) is 0 Å². The van der Waals surface area contributed by atoms with Gasteiger partial charge in [-0.25, -0.2) is 0 Å². The highest BCUT2D eigenvalue weighted by Gasteiger charge is 1.95. The zero-order valence-electron chi connectivity index (χ0n) is 7.65. The number of allylic oxidation sites excluding steroid dienone is 2. The van der Waals surface area contributed by atoms with Crippen molar-refractivity contribution in [3.63, 3.8) is 0 Å². The minimum atomic E-state index is 0.147. The van der Waals surface area contributed by atoms with Crippen molar-refractivity contribution in [2.24, 2.45) is 0 Å². The van der Waals surface area contributed by atoms with Crippen molar-refractivity contribution in [3.05, 3.63) is 23.8 Å². The Labute approximate surface area is 83.3 Å². The number of halogens is 1. The molecular formula is C10H17BrO. The zero-order chi connectivity index (χ0) is 9.40. The first-order chi connectivity index (χ1) is 5.70. The quantitative estimate of drug-likeness (QED) is 0.552. The predicted octanol–water partition coefficient (Wildman–Crippen LogP) is 3.05. The fraction of sp³-hybridized carbons (Fsp3) is 0.600. The van der Waals surface area contributed by atoms with Gasteiger partial charge in [0.2, 0.25) is 0 Å². The molecule has 0 amide bonds. The highest BCUT2D eigenvalue weighted by Crippen LogP contribution is 2.12. The van der Waals surface area contributed by atoms with Crippen molar-refractivity contribution in [2.45, 2.75) is 26.2 Å². The van der Waals surface area contributed by atoms with Crippen molar-refractivity contribution in [2.75, 3.05) is 11.9 Å². The van der Waals surface area contributed by atoms with Crippen molar-refractivity contribution < 1.29 is 5.11 Å². The van der Waals surface area contributed by atoms with Crippen molar-refractivity contribution >= 4 is 15.9 Å². The molecule has 1 nitrogen and oxygen atoms in total. The summed E-state index contributed by atoms with van der Waals surface area (Å²) in [5.74, 6) is 0. The van der Waals surface area contributed by atoms with Crippen LogP contribution in [-0.4, -0.2) is 17.0 Å². The molecule has 12 heavy (non-hydrogen) atoms. The summed E-state index contributed by atoms with van der Waals surface area (Å²) in [4.78, 5) is 0. The summed E-state index contributed by atoms with van der Waals surface area (Å²) in [7, 11) is 0. The van der Waals surface area contributed by atoms with Gasteiger partial charge in [0.1, 0.15) is 0 Å². The van der Waals surface area contributed by atoms with Gasteiger partial charge in [-0.05, 0) is 26.2 Å². The molecule has 0 heterocycles. The standard InChI is InChI=1S/C10H17BrO/c1-9(2)4-3-5-10(8-11)6-7-12/h6,12H,1,3-5,7-8H2,2H3/b10-6+. The summed E-state index contributed by atoms with van der Waals surface area (Å²) in [6.07, 6.45) is 5.13. The van der Waals surface area contributed by atoms with Gasteiger partial charge in [-0.15, -0.1) is 6.58 Å². The monoisotopic (exact) mass is 232 g/mol. The molecule has 0 aliphatic rings. The lowest BCUT2D eigenvalue weighted by atomic mass is 10.1. The summed E-state index contributed by atoms with van der Waals surface area (Å²) < 4.78 is 0. The Morgan fingerprint density at radius 1 is 1.50 bits per heavy atom. The van der Waals surface area contributed by atoms with Gasteiger partial charge in [-0.1, -0.05) is 33.2 Å². The number of hydrogen-bond acceptors (Lipinski definition) is 1. The highest BCUT2D eigenvalue weighted by atomic mass is 79.9. The van der Waals surface area contributed by atoms with Crippen LogP contribution >= 0.6 is 15.9 Å². The molecule has 0 saturated carbocycles. The summed E-state index contributed by atoms with van der Waals surface area (Å²) in [5, 5.41) is 9.53. The van der Waals surface area contributed by atoms with Crippen LogP contribution in [0.2, 0.25) is 0 Å². The number of hydrogen-bond donors (Lipinski definition) is 1. The Balaban J connectivity index is 3.58. The van der Waals surface area contributed by atoms with Crippen molar-refractivity contribution in [1.29, 1.82) is 0 Å². The van der Waals surface area contributed by atoms with E-state index in [1.54, 1.807) is 0 Å². The van der Waals surface area contributed by atoms with Gasteiger partial charge >= 0.3 is 0 Å². The minimum absolute atomic E-state index is 0.147. The Hall–Kier alpha value is -0.0800. The molecule has 70 valence electrons. The average molecular weight is 233 g/mol. The van der Waals surface area contributed by atoms with Crippen LogP contribution in [0.4, 0.5) is 0 Å². The van der Waals surface area contributed by atoms with Gasteiger partial charge in [0, 0.05) is 5.33 Å². The molecule has 0 aliphatic heterocycles. The third kappa shape index (κ3) is 6.62. The molecule has 0 atom stereocenters. The van der Waals surface area contributed by atoms with E-state index < -0.39 is 0 Å². The van der Waals surface area contributed by atoms with E-state index in [4.69, 9.17) is 5.11 Å². The Kier molecular flexibility index (Phi) is 7.51. The second kappa shape index (κ2) is 7.56. The lowest BCUT2D eigenvalue weighted by molar-refractivity contribution is 0.341. The highest BCUT2D eigenvalue weighted by molar-refractivity contribution is 9.09. The summed E-state index contributed by atoms with van der Waals surface area (Å²) in [5.41, 5.74) is 2.51. The van der Waals surface area contributed by atoms with Crippen LogP contribution in [0.15, 0.2) is 23.8 Å². The van der Waals surface area contributed by atoms with Crippen LogP contribution in [0.5, 0.6) is 0 Å². The molecule has 0 saturated heterocycles. The molecule has 0 unspecified atom stereocenters. The van der Waals surface area contributed by atoms with Crippen molar-refractivity contribution in [3.8, 4) is 0 Å². The number of aliphatic hydroxyl groups excluding tert-OH is 1. The molecule has 0 bridgehead atoms. The van der Waals surface area contributed by atoms with Crippen LogP contribution < -0.4 is 0 Å².